The Labute approximate surface area is 111 Å². The van der Waals surface area contributed by atoms with Crippen molar-refractivity contribution in [3.8, 4) is 11.5 Å². The van der Waals surface area contributed by atoms with E-state index in [1.165, 1.54) is 7.11 Å². The molecule has 1 heterocycles. The zero-order valence-corrected chi connectivity index (χ0v) is 10.7. The fourth-order valence-electron chi connectivity index (χ4n) is 1.72. The molecule has 0 amide bonds. The molecule has 0 fully saturated rings. The SMILES string of the molecule is COc1cc(CNc2cnn(CCO)c2)ccc1O. The summed E-state index contributed by atoms with van der Waals surface area (Å²) in [5, 5.41) is 25.6. The molecule has 0 unspecified atom stereocenters. The maximum Gasteiger partial charge on any atom is 0.160 e. The quantitative estimate of drug-likeness (QED) is 0.730. The zero-order valence-electron chi connectivity index (χ0n) is 10.7. The van der Waals surface area contributed by atoms with Gasteiger partial charge in [0.15, 0.2) is 11.5 Å². The van der Waals surface area contributed by atoms with Crippen molar-refractivity contribution in [3.63, 3.8) is 0 Å². The highest BCUT2D eigenvalue weighted by atomic mass is 16.5. The summed E-state index contributed by atoms with van der Waals surface area (Å²) in [4.78, 5) is 0. The number of aromatic nitrogens is 2. The Morgan fingerprint density at radius 2 is 2.26 bits per heavy atom. The predicted molar refractivity (Wildman–Crippen MR) is 71.3 cm³/mol. The standard InChI is InChI=1S/C13H17N3O3/c1-19-13-6-10(2-3-12(13)18)7-14-11-8-15-16(9-11)4-5-17/h2-3,6,8-9,14,17-18H,4-5,7H2,1H3. The molecule has 0 bridgehead atoms. The number of aliphatic hydroxyl groups excluding tert-OH is 1. The first-order valence-corrected chi connectivity index (χ1v) is 5.96. The molecular weight excluding hydrogens is 246 g/mol. The summed E-state index contributed by atoms with van der Waals surface area (Å²) >= 11 is 0. The van der Waals surface area contributed by atoms with Crippen LogP contribution in [0.15, 0.2) is 30.6 Å². The van der Waals surface area contributed by atoms with E-state index in [-0.39, 0.29) is 12.4 Å². The van der Waals surface area contributed by atoms with Gasteiger partial charge in [-0.25, -0.2) is 0 Å². The number of phenolic OH excluding ortho intramolecular Hbond substituents is 1. The van der Waals surface area contributed by atoms with E-state index in [2.05, 4.69) is 10.4 Å². The van der Waals surface area contributed by atoms with Crippen LogP contribution in [0.3, 0.4) is 0 Å². The van der Waals surface area contributed by atoms with Gasteiger partial charge in [0.1, 0.15) is 0 Å². The van der Waals surface area contributed by atoms with Gasteiger partial charge in [-0.2, -0.15) is 5.10 Å². The monoisotopic (exact) mass is 263 g/mol. The molecule has 0 radical (unpaired) electrons. The van der Waals surface area contributed by atoms with Gasteiger partial charge in [0.25, 0.3) is 0 Å². The van der Waals surface area contributed by atoms with Gasteiger partial charge >= 0.3 is 0 Å². The molecule has 1 aromatic carbocycles. The Bertz CT molecular complexity index is 540. The van der Waals surface area contributed by atoms with Crippen molar-refractivity contribution in [1.29, 1.82) is 0 Å². The number of benzene rings is 1. The molecular formula is C13H17N3O3. The Hall–Kier alpha value is -2.21. The van der Waals surface area contributed by atoms with E-state index in [0.29, 0.717) is 18.8 Å². The fourth-order valence-corrected chi connectivity index (χ4v) is 1.72. The Morgan fingerprint density at radius 1 is 1.42 bits per heavy atom. The second-order valence-electron chi connectivity index (χ2n) is 4.08. The van der Waals surface area contributed by atoms with E-state index < -0.39 is 0 Å². The Balaban J connectivity index is 1.97. The molecule has 0 aliphatic heterocycles. The number of rotatable bonds is 6. The Morgan fingerprint density at radius 3 is 3.00 bits per heavy atom. The van der Waals surface area contributed by atoms with Gasteiger partial charge < -0.3 is 20.3 Å². The van der Waals surface area contributed by atoms with Crippen LogP contribution in [-0.2, 0) is 13.1 Å². The normalized spacial score (nSPS) is 10.4. The van der Waals surface area contributed by atoms with E-state index in [9.17, 15) is 5.11 Å². The van der Waals surface area contributed by atoms with Crippen LogP contribution in [0.1, 0.15) is 5.56 Å². The minimum absolute atomic E-state index is 0.0658. The van der Waals surface area contributed by atoms with Gasteiger partial charge in [0.05, 0.1) is 32.1 Å². The van der Waals surface area contributed by atoms with Crippen molar-refractivity contribution in [2.75, 3.05) is 19.0 Å². The molecule has 3 N–H and O–H groups in total. The lowest BCUT2D eigenvalue weighted by molar-refractivity contribution is 0.269. The summed E-state index contributed by atoms with van der Waals surface area (Å²) in [6.07, 6.45) is 3.53. The molecule has 1 aromatic heterocycles. The van der Waals surface area contributed by atoms with E-state index in [1.807, 2.05) is 12.3 Å². The van der Waals surface area contributed by atoms with Crippen LogP contribution < -0.4 is 10.1 Å². The molecule has 0 aliphatic rings. The van der Waals surface area contributed by atoms with Gasteiger partial charge in [-0.3, -0.25) is 4.68 Å². The number of nitrogens with one attached hydrogen (secondary N) is 1. The van der Waals surface area contributed by atoms with Crippen molar-refractivity contribution in [3.05, 3.63) is 36.2 Å². The van der Waals surface area contributed by atoms with Crippen LogP contribution in [0, 0.1) is 0 Å². The summed E-state index contributed by atoms with van der Waals surface area (Å²) in [5.74, 6) is 0.581. The largest absolute Gasteiger partial charge is 0.504 e. The molecule has 2 rings (SSSR count). The second-order valence-corrected chi connectivity index (χ2v) is 4.08. The summed E-state index contributed by atoms with van der Waals surface area (Å²) in [6.45, 7) is 1.15. The van der Waals surface area contributed by atoms with Gasteiger partial charge in [-0.05, 0) is 17.7 Å². The summed E-state index contributed by atoms with van der Waals surface area (Å²) in [6, 6.07) is 5.20. The molecule has 0 saturated carbocycles. The average molecular weight is 263 g/mol. The topological polar surface area (TPSA) is 79.5 Å². The number of aromatic hydroxyl groups is 1. The van der Waals surface area contributed by atoms with Gasteiger partial charge in [-0.15, -0.1) is 0 Å². The van der Waals surface area contributed by atoms with Crippen LogP contribution in [0.5, 0.6) is 11.5 Å². The third-order valence-corrected chi connectivity index (χ3v) is 2.70. The highest BCUT2D eigenvalue weighted by molar-refractivity contribution is 5.44. The van der Waals surface area contributed by atoms with E-state index in [1.54, 1.807) is 23.0 Å². The van der Waals surface area contributed by atoms with Crippen molar-refractivity contribution in [2.24, 2.45) is 0 Å². The van der Waals surface area contributed by atoms with E-state index in [0.717, 1.165) is 11.3 Å². The lowest BCUT2D eigenvalue weighted by atomic mass is 10.2. The predicted octanol–water partition coefficient (Wildman–Crippen LogP) is 1.20. The highest BCUT2D eigenvalue weighted by Crippen LogP contribution is 2.26. The van der Waals surface area contributed by atoms with Crippen molar-refractivity contribution in [1.82, 2.24) is 9.78 Å². The second kappa shape index (κ2) is 6.10. The summed E-state index contributed by atoms with van der Waals surface area (Å²) in [7, 11) is 1.52. The number of ether oxygens (including phenoxy) is 1. The molecule has 2 aromatic rings. The van der Waals surface area contributed by atoms with Crippen LogP contribution in [0.4, 0.5) is 5.69 Å². The van der Waals surface area contributed by atoms with Gasteiger partial charge in [0.2, 0.25) is 0 Å². The van der Waals surface area contributed by atoms with Crippen LogP contribution >= 0.6 is 0 Å². The molecule has 102 valence electrons. The van der Waals surface area contributed by atoms with Crippen LogP contribution in [0.25, 0.3) is 0 Å². The van der Waals surface area contributed by atoms with E-state index in [4.69, 9.17) is 9.84 Å². The third-order valence-electron chi connectivity index (χ3n) is 2.70. The first-order chi connectivity index (χ1) is 9.22. The number of phenols is 1. The number of hydrogen-bond acceptors (Lipinski definition) is 5. The molecule has 0 spiro atoms. The molecule has 0 aliphatic carbocycles. The number of methoxy groups -OCH3 is 1. The van der Waals surface area contributed by atoms with Crippen molar-refractivity contribution in [2.45, 2.75) is 13.1 Å². The lowest BCUT2D eigenvalue weighted by Gasteiger charge is -2.07. The molecule has 0 atom stereocenters. The minimum Gasteiger partial charge on any atom is -0.504 e. The maximum absolute atomic E-state index is 9.50. The van der Waals surface area contributed by atoms with Gasteiger partial charge in [-0.1, -0.05) is 6.07 Å². The number of hydrogen-bond donors (Lipinski definition) is 3. The minimum atomic E-state index is 0.0658. The first-order valence-electron chi connectivity index (χ1n) is 5.96. The fraction of sp³-hybridized carbons (Fsp3) is 0.308. The molecule has 6 nitrogen and oxygen atoms in total. The average Bonchev–Trinajstić information content (AvgIpc) is 2.86. The van der Waals surface area contributed by atoms with E-state index >= 15 is 0 Å². The third kappa shape index (κ3) is 3.38. The summed E-state index contributed by atoms with van der Waals surface area (Å²) in [5.41, 5.74) is 1.87. The number of anilines is 1. The lowest BCUT2D eigenvalue weighted by Crippen LogP contribution is -2.02. The molecule has 0 saturated heterocycles. The van der Waals surface area contributed by atoms with Crippen LogP contribution in [-0.4, -0.2) is 33.7 Å². The van der Waals surface area contributed by atoms with Crippen molar-refractivity contribution < 1.29 is 14.9 Å². The maximum atomic E-state index is 9.50. The smallest absolute Gasteiger partial charge is 0.160 e. The van der Waals surface area contributed by atoms with Crippen molar-refractivity contribution >= 4 is 5.69 Å². The first kappa shape index (κ1) is 13.2. The Kier molecular flexibility index (Phi) is 4.25. The van der Waals surface area contributed by atoms with Gasteiger partial charge in [0, 0.05) is 12.7 Å². The zero-order chi connectivity index (χ0) is 13.7. The van der Waals surface area contributed by atoms with Crippen LogP contribution in [0.2, 0.25) is 0 Å². The number of aliphatic hydroxyl groups is 1. The number of nitrogens with zero attached hydrogens (tertiary/aromatic N) is 2. The molecule has 19 heavy (non-hydrogen) atoms. The summed E-state index contributed by atoms with van der Waals surface area (Å²) < 4.78 is 6.72. The molecule has 6 heteroatoms. The highest BCUT2D eigenvalue weighted by Gasteiger charge is 2.03.